The maximum atomic E-state index is 12.3. The predicted molar refractivity (Wildman–Crippen MR) is 77.7 cm³/mol. The summed E-state index contributed by atoms with van der Waals surface area (Å²) in [5, 5.41) is 19.6. The molecule has 20 heavy (non-hydrogen) atoms. The molecule has 0 radical (unpaired) electrons. The van der Waals surface area contributed by atoms with Gasteiger partial charge in [0, 0.05) is 23.2 Å². The number of rotatable bonds is 6. The van der Waals surface area contributed by atoms with Crippen LogP contribution in [0.15, 0.2) is 0 Å². The molecule has 112 valence electrons. The normalized spacial score (nSPS) is 14.9. The van der Waals surface area contributed by atoms with E-state index in [1.54, 1.807) is 0 Å². The first-order valence-corrected chi connectivity index (χ1v) is 7.61. The van der Waals surface area contributed by atoms with Gasteiger partial charge in [0.25, 0.3) is 5.91 Å². The lowest BCUT2D eigenvalue weighted by Crippen LogP contribution is -2.39. The van der Waals surface area contributed by atoms with Crippen molar-refractivity contribution in [3.8, 4) is 0 Å². The van der Waals surface area contributed by atoms with Crippen molar-refractivity contribution in [1.29, 1.82) is 0 Å². The summed E-state index contributed by atoms with van der Waals surface area (Å²) in [5.41, 5.74) is 2.52. The molecule has 5 heteroatoms. The van der Waals surface area contributed by atoms with Crippen molar-refractivity contribution < 1.29 is 9.90 Å². The van der Waals surface area contributed by atoms with Crippen LogP contribution >= 0.6 is 0 Å². The molecular weight excluding hydrogens is 254 g/mol. The van der Waals surface area contributed by atoms with Gasteiger partial charge in [0.2, 0.25) is 0 Å². The number of aromatic amines is 1. The van der Waals surface area contributed by atoms with Crippen LogP contribution in [0.25, 0.3) is 0 Å². The summed E-state index contributed by atoms with van der Waals surface area (Å²) in [6.45, 7) is 4.68. The average Bonchev–Trinajstić information content (AvgIpc) is 2.93. The summed E-state index contributed by atoms with van der Waals surface area (Å²) in [4.78, 5) is 12.3. The van der Waals surface area contributed by atoms with Gasteiger partial charge in [-0.2, -0.15) is 5.10 Å². The first-order chi connectivity index (χ1) is 9.65. The zero-order chi connectivity index (χ0) is 14.6. The molecule has 0 fully saturated rings. The van der Waals surface area contributed by atoms with Gasteiger partial charge in [-0.25, -0.2) is 0 Å². The van der Waals surface area contributed by atoms with Crippen molar-refractivity contribution in [2.45, 2.75) is 52.4 Å². The largest absolute Gasteiger partial charge is 0.396 e. The first-order valence-electron chi connectivity index (χ1n) is 7.61. The highest BCUT2D eigenvalue weighted by Crippen LogP contribution is 2.25. The molecule has 1 aliphatic rings. The second-order valence-electron chi connectivity index (χ2n) is 5.78. The lowest BCUT2D eigenvalue weighted by atomic mass is 9.83. The zero-order valence-corrected chi connectivity index (χ0v) is 12.5. The summed E-state index contributed by atoms with van der Waals surface area (Å²) < 4.78 is 0. The quantitative estimate of drug-likeness (QED) is 0.743. The minimum atomic E-state index is -0.216. The van der Waals surface area contributed by atoms with Crippen molar-refractivity contribution >= 4 is 5.91 Å². The molecule has 1 amide bonds. The van der Waals surface area contributed by atoms with Crippen molar-refractivity contribution in [3.63, 3.8) is 0 Å². The number of hydrogen-bond donors (Lipinski definition) is 3. The molecule has 0 saturated carbocycles. The molecule has 1 heterocycles. The predicted octanol–water partition coefficient (Wildman–Crippen LogP) is 1.82. The van der Waals surface area contributed by atoms with E-state index >= 15 is 0 Å². The second-order valence-corrected chi connectivity index (χ2v) is 5.78. The Morgan fingerprint density at radius 2 is 2.05 bits per heavy atom. The fourth-order valence-corrected chi connectivity index (χ4v) is 2.80. The molecule has 0 aromatic carbocycles. The van der Waals surface area contributed by atoms with Gasteiger partial charge in [-0.3, -0.25) is 9.89 Å². The number of aliphatic hydroxyl groups is 1. The maximum Gasteiger partial charge on any atom is 0.272 e. The van der Waals surface area contributed by atoms with Crippen molar-refractivity contribution in [2.75, 3.05) is 13.2 Å². The molecule has 2 rings (SSSR count). The van der Waals surface area contributed by atoms with Gasteiger partial charge < -0.3 is 10.4 Å². The Hall–Kier alpha value is -1.36. The van der Waals surface area contributed by atoms with Gasteiger partial charge in [-0.05, 0) is 38.5 Å². The molecule has 3 N–H and O–H groups in total. The first kappa shape index (κ1) is 15.0. The molecule has 1 aliphatic carbocycles. The number of nitrogens with one attached hydrogen (secondary N) is 2. The Morgan fingerprint density at radius 3 is 2.70 bits per heavy atom. The van der Waals surface area contributed by atoms with Crippen molar-refractivity contribution in [3.05, 3.63) is 17.0 Å². The smallest absolute Gasteiger partial charge is 0.272 e. The van der Waals surface area contributed by atoms with Crippen molar-refractivity contribution in [1.82, 2.24) is 15.5 Å². The summed E-state index contributed by atoms with van der Waals surface area (Å²) in [6, 6.07) is 0. The number of aliphatic hydroxyl groups excluding tert-OH is 1. The third kappa shape index (κ3) is 2.87. The molecule has 1 aromatic rings. The van der Waals surface area contributed by atoms with E-state index < -0.39 is 0 Å². The SMILES string of the molecule is CCC(CC)(CO)CNC(=O)c1n[nH]c2c1CCCC2. The fourth-order valence-electron chi connectivity index (χ4n) is 2.80. The number of aromatic nitrogens is 2. The van der Waals surface area contributed by atoms with E-state index in [0.717, 1.165) is 49.8 Å². The topological polar surface area (TPSA) is 78.0 Å². The Kier molecular flexibility index (Phi) is 4.81. The molecule has 0 bridgehead atoms. The van der Waals surface area contributed by atoms with Crippen LogP contribution in [0.4, 0.5) is 0 Å². The summed E-state index contributed by atoms with van der Waals surface area (Å²) >= 11 is 0. The highest BCUT2D eigenvalue weighted by molar-refractivity contribution is 5.94. The van der Waals surface area contributed by atoms with Gasteiger partial charge in [0.05, 0.1) is 6.61 Å². The maximum absolute atomic E-state index is 12.3. The van der Waals surface area contributed by atoms with E-state index in [2.05, 4.69) is 15.5 Å². The fraction of sp³-hybridized carbons (Fsp3) is 0.733. The zero-order valence-electron chi connectivity index (χ0n) is 12.5. The molecule has 0 aliphatic heterocycles. The highest BCUT2D eigenvalue weighted by Gasteiger charge is 2.27. The number of aryl methyl sites for hydroxylation is 1. The van der Waals surface area contributed by atoms with Crippen molar-refractivity contribution in [2.24, 2.45) is 5.41 Å². The number of fused-ring (bicyclic) bond motifs is 1. The summed E-state index contributed by atoms with van der Waals surface area (Å²) in [7, 11) is 0. The van der Waals surface area contributed by atoms with Gasteiger partial charge in [0.1, 0.15) is 0 Å². The van der Waals surface area contributed by atoms with Crippen LogP contribution in [0.3, 0.4) is 0 Å². The van der Waals surface area contributed by atoms with Crippen LogP contribution in [0, 0.1) is 5.41 Å². The molecule has 5 nitrogen and oxygen atoms in total. The van der Waals surface area contributed by atoms with Crippen LogP contribution in [0.1, 0.15) is 61.3 Å². The number of amides is 1. The summed E-state index contributed by atoms with van der Waals surface area (Å²) in [6.07, 6.45) is 5.89. The lowest BCUT2D eigenvalue weighted by molar-refractivity contribution is 0.0846. The van der Waals surface area contributed by atoms with E-state index in [9.17, 15) is 9.90 Å². The summed E-state index contributed by atoms with van der Waals surface area (Å²) in [5.74, 6) is -0.121. The number of H-pyrrole nitrogens is 1. The van der Waals surface area contributed by atoms with E-state index in [4.69, 9.17) is 0 Å². The van der Waals surface area contributed by atoms with E-state index in [-0.39, 0.29) is 17.9 Å². The Balaban J connectivity index is 2.04. The van der Waals surface area contributed by atoms with Crippen LogP contribution in [-0.4, -0.2) is 34.4 Å². The molecular formula is C15H25N3O2. The average molecular weight is 279 g/mol. The Morgan fingerprint density at radius 1 is 1.35 bits per heavy atom. The third-order valence-electron chi connectivity index (χ3n) is 4.73. The van der Waals surface area contributed by atoms with Crippen LogP contribution in [0.5, 0.6) is 0 Å². The lowest BCUT2D eigenvalue weighted by Gasteiger charge is -2.29. The highest BCUT2D eigenvalue weighted by atomic mass is 16.3. The number of hydrogen-bond acceptors (Lipinski definition) is 3. The number of carbonyl (C=O) groups is 1. The second kappa shape index (κ2) is 6.39. The standard InChI is InChI=1S/C15H25N3O2/c1-3-15(4-2,10-19)9-16-14(20)13-11-7-5-6-8-12(11)17-18-13/h19H,3-10H2,1-2H3,(H,16,20)(H,17,18). The molecule has 0 saturated heterocycles. The van der Waals surface area contributed by atoms with E-state index in [0.29, 0.717) is 12.2 Å². The van der Waals surface area contributed by atoms with Gasteiger partial charge >= 0.3 is 0 Å². The van der Waals surface area contributed by atoms with Gasteiger partial charge in [0.15, 0.2) is 5.69 Å². The van der Waals surface area contributed by atoms with E-state index in [1.807, 2.05) is 13.8 Å². The number of nitrogens with zero attached hydrogens (tertiary/aromatic N) is 1. The van der Waals surface area contributed by atoms with Crippen LogP contribution in [-0.2, 0) is 12.8 Å². The minimum Gasteiger partial charge on any atom is -0.396 e. The molecule has 1 aromatic heterocycles. The van der Waals surface area contributed by atoms with Gasteiger partial charge in [-0.15, -0.1) is 0 Å². The molecule has 0 spiro atoms. The van der Waals surface area contributed by atoms with Gasteiger partial charge in [-0.1, -0.05) is 13.8 Å². The van der Waals surface area contributed by atoms with E-state index in [1.165, 1.54) is 0 Å². The minimum absolute atomic E-state index is 0.0962. The molecule has 0 atom stereocenters. The monoisotopic (exact) mass is 279 g/mol. The number of carbonyl (C=O) groups excluding carboxylic acids is 1. The molecule has 0 unspecified atom stereocenters. The van der Waals surface area contributed by atoms with Crippen LogP contribution in [0.2, 0.25) is 0 Å². The Bertz CT molecular complexity index is 455. The Labute approximate surface area is 120 Å². The van der Waals surface area contributed by atoms with Crippen LogP contribution < -0.4 is 5.32 Å². The third-order valence-corrected chi connectivity index (χ3v) is 4.73.